The van der Waals surface area contributed by atoms with Gasteiger partial charge >= 0.3 is 5.97 Å². The van der Waals surface area contributed by atoms with E-state index in [0.29, 0.717) is 38.6 Å². The molecular weight excluding hydrogens is 432 g/mol. The van der Waals surface area contributed by atoms with Crippen LogP contribution in [0.2, 0.25) is 0 Å². The van der Waals surface area contributed by atoms with Crippen molar-refractivity contribution in [3.05, 3.63) is 0 Å². The Morgan fingerprint density at radius 1 is 1.03 bits per heavy atom. The van der Waals surface area contributed by atoms with Gasteiger partial charge in [0.05, 0.1) is 6.04 Å². The van der Waals surface area contributed by atoms with Gasteiger partial charge in [0.25, 0.3) is 0 Å². The summed E-state index contributed by atoms with van der Waals surface area (Å²) >= 11 is 1.59. The summed E-state index contributed by atoms with van der Waals surface area (Å²) in [5.74, 6) is -1.29. The molecule has 1 heterocycles. The van der Waals surface area contributed by atoms with Crippen LogP contribution >= 0.6 is 11.8 Å². The highest BCUT2D eigenvalue weighted by Gasteiger charge is 2.38. The quantitative estimate of drug-likeness (QED) is 0.315. The van der Waals surface area contributed by atoms with Gasteiger partial charge in [-0.3, -0.25) is 14.4 Å². The molecule has 1 fully saturated rings. The minimum atomic E-state index is -1.03. The van der Waals surface area contributed by atoms with Crippen molar-refractivity contribution in [2.24, 2.45) is 17.6 Å². The number of nitrogens with one attached hydrogen (secondary N) is 2. The van der Waals surface area contributed by atoms with Crippen molar-refractivity contribution in [1.29, 1.82) is 0 Å². The van der Waals surface area contributed by atoms with Crippen molar-refractivity contribution < 1.29 is 24.3 Å². The fourth-order valence-corrected chi connectivity index (χ4v) is 4.30. The van der Waals surface area contributed by atoms with Gasteiger partial charge < -0.3 is 26.4 Å². The van der Waals surface area contributed by atoms with E-state index in [4.69, 9.17) is 5.73 Å². The molecule has 1 aliphatic heterocycles. The number of nitrogens with zero attached hydrogens (tertiary/aromatic N) is 1. The van der Waals surface area contributed by atoms with Crippen molar-refractivity contribution >= 4 is 35.5 Å². The summed E-state index contributed by atoms with van der Waals surface area (Å²) in [6.07, 6.45) is 4.23. The van der Waals surface area contributed by atoms with Crippen LogP contribution in [0, 0.1) is 11.8 Å². The lowest BCUT2D eigenvalue weighted by Crippen LogP contribution is -2.57. The fraction of sp³-hybridized carbons (Fsp3) is 0.818. The number of carboxylic acid groups (broad SMARTS) is 1. The first-order chi connectivity index (χ1) is 15.0. The first-order valence-electron chi connectivity index (χ1n) is 11.4. The molecule has 5 N–H and O–H groups in total. The maximum Gasteiger partial charge on any atom is 0.326 e. The maximum atomic E-state index is 13.2. The summed E-state index contributed by atoms with van der Waals surface area (Å²) in [4.78, 5) is 51.7. The lowest BCUT2D eigenvalue weighted by Gasteiger charge is -2.30. The Labute approximate surface area is 195 Å². The Bertz CT molecular complexity index is 658. The van der Waals surface area contributed by atoms with E-state index < -0.39 is 42.0 Å². The van der Waals surface area contributed by atoms with Crippen LogP contribution in [0.5, 0.6) is 0 Å². The van der Waals surface area contributed by atoms with E-state index in [1.807, 2.05) is 34.0 Å². The summed E-state index contributed by atoms with van der Waals surface area (Å²) in [6, 6.07) is -3.24. The van der Waals surface area contributed by atoms with E-state index >= 15 is 0 Å². The topological polar surface area (TPSA) is 142 Å². The smallest absolute Gasteiger partial charge is 0.326 e. The summed E-state index contributed by atoms with van der Waals surface area (Å²) in [7, 11) is 0. The second-order valence-corrected chi connectivity index (χ2v) is 10.3. The second-order valence-electron chi connectivity index (χ2n) is 9.30. The first-order valence-corrected chi connectivity index (χ1v) is 12.8. The number of nitrogens with two attached hydrogens (primary N) is 1. The standard InChI is InChI=1S/C22H40N4O5S/c1-13(2)11-16(24-19(27)15(23)8-10-32-5)20(28)25-17(12-14(3)4)21(29)26-9-6-7-18(26)22(30)31/h13-18H,6-12,23H2,1-5H3,(H,24,27)(H,25,28)(H,30,31). The normalized spacial score (nSPS) is 19.0. The van der Waals surface area contributed by atoms with E-state index in [9.17, 15) is 24.3 Å². The number of carbonyl (C=O) groups is 4. The van der Waals surface area contributed by atoms with Crippen LogP contribution in [0.3, 0.4) is 0 Å². The highest BCUT2D eigenvalue weighted by Crippen LogP contribution is 2.20. The summed E-state index contributed by atoms with van der Waals surface area (Å²) in [5.41, 5.74) is 5.95. The summed E-state index contributed by atoms with van der Waals surface area (Å²) in [5, 5.41) is 15.0. The van der Waals surface area contributed by atoms with Gasteiger partial charge in [0.15, 0.2) is 0 Å². The zero-order chi connectivity index (χ0) is 24.4. The number of amides is 3. The van der Waals surface area contributed by atoms with Crippen LogP contribution in [0.15, 0.2) is 0 Å². The first kappa shape index (κ1) is 28.2. The van der Waals surface area contributed by atoms with Gasteiger partial charge in [0, 0.05) is 6.54 Å². The zero-order valence-corrected chi connectivity index (χ0v) is 20.7. The number of likely N-dealkylation sites (tertiary alicyclic amines) is 1. The highest BCUT2D eigenvalue weighted by atomic mass is 32.2. The molecule has 0 saturated carbocycles. The van der Waals surface area contributed by atoms with Crippen LogP contribution < -0.4 is 16.4 Å². The Balaban J connectivity index is 2.96. The third-order valence-corrected chi connectivity index (χ3v) is 6.10. The van der Waals surface area contributed by atoms with Crippen LogP contribution in [0.4, 0.5) is 0 Å². The number of thioether (sulfide) groups is 1. The molecule has 1 rings (SSSR count). The zero-order valence-electron chi connectivity index (χ0n) is 19.9. The van der Waals surface area contributed by atoms with Crippen molar-refractivity contribution in [2.75, 3.05) is 18.6 Å². The van der Waals surface area contributed by atoms with E-state index in [1.54, 1.807) is 11.8 Å². The van der Waals surface area contributed by atoms with Gasteiger partial charge in [-0.25, -0.2) is 4.79 Å². The molecule has 9 nitrogen and oxygen atoms in total. The number of aliphatic carboxylic acids is 1. The molecule has 184 valence electrons. The van der Waals surface area contributed by atoms with Crippen LogP contribution in [0.25, 0.3) is 0 Å². The average Bonchev–Trinajstić information content (AvgIpc) is 3.19. The third kappa shape index (κ3) is 8.97. The molecule has 1 aliphatic rings. The molecule has 0 bridgehead atoms. The van der Waals surface area contributed by atoms with Crippen LogP contribution in [-0.4, -0.2) is 76.4 Å². The van der Waals surface area contributed by atoms with Gasteiger partial charge in [0.1, 0.15) is 18.1 Å². The predicted molar refractivity (Wildman–Crippen MR) is 126 cm³/mol. The molecule has 0 aliphatic carbocycles. The molecule has 0 aromatic carbocycles. The van der Waals surface area contributed by atoms with Crippen molar-refractivity contribution in [1.82, 2.24) is 15.5 Å². The molecule has 10 heteroatoms. The predicted octanol–water partition coefficient (Wildman–Crippen LogP) is 1.20. The summed E-state index contributed by atoms with van der Waals surface area (Å²) < 4.78 is 0. The molecule has 4 unspecified atom stereocenters. The van der Waals surface area contributed by atoms with Gasteiger partial charge in [-0.2, -0.15) is 11.8 Å². The van der Waals surface area contributed by atoms with Crippen LogP contribution in [-0.2, 0) is 19.2 Å². The van der Waals surface area contributed by atoms with E-state index in [2.05, 4.69) is 10.6 Å². The average molecular weight is 473 g/mol. The molecule has 3 amide bonds. The van der Waals surface area contributed by atoms with Crippen molar-refractivity contribution in [2.45, 2.75) is 84.0 Å². The lowest BCUT2D eigenvalue weighted by atomic mass is 9.99. The molecule has 0 aromatic heterocycles. The lowest BCUT2D eigenvalue weighted by molar-refractivity contribution is -0.149. The molecule has 32 heavy (non-hydrogen) atoms. The minimum Gasteiger partial charge on any atom is -0.480 e. The Kier molecular flexibility index (Phi) is 12.1. The number of carbonyl (C=O) groups excluding carboxylic acids is 3. The van der Waals surface area contributed by atoms with E-state index in [0.717, 1.165) is 5.75 Å². The SMILES string of the molecule is CSCCC(N)C(=O)NC(CC(C)C)C(=O)NC(CC(C)C)C(=O)N1CCCC1C(=O)O. The van der Waals surface area contributed by atoms with Gasteiger partial charge in [0.2, 0.25) is 17.7 Å². The van der Waals surface area contributed by atoms with Crippen molar-refractivity contribution in [3.8, 4) is 0 Å². The Hall–Kier alpha value is -1.81. The van der Waals surface area contributed by atoms with Crippen molar-refractivity contribution in [3.63, 3.8) is 0 Å². The van der Waals surface area contributed by atoms with Gasteiger partial charge in [-0.05, 0) is 55.9 Å². The van der Waals surface area contributed by atoms with E-state index in [1.165, 1.54) is 4.90 Å². The molecule has 0 aromatic rings. The van der Waals surface area contributed by atoms with Crippen LogP contribution in [0.1, 0.15) is 59.8 Å². The monoisotopic (exact) mass is 472 g/mol. The Morgan fingerprint density at radius 2 is 1.59 bits per heavy atom. The molecule has 0 spiro atoms. The number of rotatable bonds is 13. The minimum absolute atomic E-state index is 0.105. The molecule has 0 radical (unpaired) electrons. The Morgan fingerprint density at radius 3 is 2.12 bits per heavy atom. The summed E-state index contributed by atoms with van der Waals surface area (Å²) in [6.45, 7) is 8.11. The van der Waals surface area contributed by atoms with Gasteiger partial charge in [-0.15, -0.1) is 0 Å². The second kappa shape index (κ2) is 13.7. The number of carboxylic acids is 1. The maximum absolute atomic E-state index is 13.2. The molecule has 1 saturated heterocycles. The molecular formula is C22H40N4O5S. The molecule has 4 atom stereocenters. The van der Waals surface area contributed by atoms with E-state index in [-0.39, 0.29) is 17.7 Å². The van der Waals surface area contributed by atoms with Gasteiger partial charge in [-0.1, -0.05) is 27.7 Å². The number of hydrogen-bond donors (Lipinski definition) is 4. The largest absolute Gasteiger partial charge is 0.480 e. The fourth-order valence-electron chi connectivity index (χ4n) is 3.81. The third-order valence-electron chi connectivity index (χ3n) is 5.45. The highest BCUT2D eigenvalue weighted by molar-refractivity contribution is 7.98. The number of hydrogen-bond acceptors (Lipinski definition) is 6.